The third-order valence-electron chi connectivity index (χ3n) is 5.28. The van der Waals surface area contributed by atoms with Gasteiger partial charge < -0.3 is 0 Å². The van der Waals surface area contributed by atoms with Gasteiger partial charge >= 0.3 is 0 Å². The van der Waals surface area contributed by atoms with E-state index in [9.17, 15) is 0 Å². The molecule has 0 aromatic heterocycles. The Hall–Kier alpha value is -1.86. The molecular weight excluding hydrogens is 316 g/mol. The van der Waals surface area contributed by atoms with Crippen LogP contribution in [0.1, 0.15) is 56.2 Å². The first-order chi connectivity index (χ1) is 12.3. The third kappa shape index (κ3) is 4.82. The van der Waals surface area contributed by atoms with Crippen molar-refractivity contribution in [2.75, 3.05) is 0 Å². The lowest BCUT2D eigenvalue weighted by atomic mass is 10.0. The van der Waals surface area contributed by atoms with Crippen LogP contribution in [0.3, 0.4) is 0 Å². The highest BCUT2D eigenvalue weighted by Crippen LogP contribution is 2.21. The van der Waals surface area contributed by atoms with Gasteiger partial charge in [0.15, 0.2) is 0 Å². The van der Waals surface area contributed by atoms with Crippen LogP contribution in [0.4, 0.5) is 0 Å². The average molecular weight is 347 g/mol. The van der Waals surface area contributed by atoms with Crippen molar-refractivity contribution in [3.63, 3.8) is 0 Å². The first-order valence-corrected chi connectivity index (χ1v) is 11.2. The van der Waals surface area contributed by atoms with Gasteiger partial charge in [0, 0.05) is 0 Å². The zero-order valence-electron chi connectivity index (χ0n) is 15.7. The summed E-state index contributed by atoms with van der Waals surface area (Å²) in [6.45, 7) is 4.54. The number of benzene rings is 2. The summed E-state index contributed by atoms with van der Waals surface area (Å²) in [5.41, 5.74) is 6.05. The Bertz CT molecular complexity index is 750. The second kappa shape index (κ2) is 9.01. The van der Waals surface area contributed by atoms with E-state index in [0.717, 1.165) is 6.42 Å². The fourth-order valence-corrected chi connectivity index (χ4v) is 5.79. The van der Waals surface area contributed by atoms with Gasteiger partial charge in [-0.05, 0) is 48.8 Å². The van der Waals surface area contributed by atoms with E-state index in [0.29, 0.717) is 0 Å². The first-order valence-electron chi connectivity index (χ1n) is 9.82. The van der Waals surface area contributed by atoms with Crippen molar-refractivity contribution < 1.29 is 0 Å². The molecule has 0 amide bonds. The molecule has 1 heteroatoms. The van der Waals surface area contributed by atoms with Crippen molar-refractivity contribution in [1.29, 1.82) is 0 Å². The van der Waals surface area contributed by atoms with Gasteiger partial charge in [-0.2, -0.15) is 0 Å². The highest BCUT2D eigenvalue weighted by Gasteiger charge is 2.11. The lowest BCUT2D eigenvalue weighted by Gasteiger charge is -2.12. The van der Waals surface area contributed by atoms with Crippen LogP contribution in [0, 0.1) is 0 Å². The van der Waals surface area contributed by atoms with Crippen molar-refractivity contribution in [2.45, 2.75) is 52.4 Å². The van der Waals surface area contributed by atoms with Crippen molar-refractivity contribution >= 4 is 14.7 Å². The van der Waals surface area contributed by atoms with Crippen LogP contribution in [-0.2, 0) is 12.8 Å². The normalized spacial score (nSPS) is 14.2. The second-order valence-electron chi connectivity index (χ2n) is 7.13. The molecule has 25 heavy (non-hydrogen) atoms. The van der Waals surface area contributed by atoms with Crippen molar-refractivity contribution in [3.8, 4) is 0 Å². The number of rotatable bonds is 8. The van der Waals surface area contributed by atoms with Gasteiger partial charge in [-0.1, -0.05) is 96.9 Å². The standard InChI is InChI=1S/C24H30Si/c1-3-5-9-19-14-16-20(17-15-19)18-22-10-6-7-12-24(22)25-23-13-8-11-21(23)4-2/h6-8,10-12,14-17H,3-5,9,13,18,25H2,1-2H3. The third-order valence-corrected chi connectivity index (χ3v) is 7.52. The minimum Gasteiger partial charge on any atom is -0.0806 e. The molecule has 0 saturated heterocycles. The van der Waals surface area contributed by atoms with Crippen LogP contribution >= 0.6 is 0 Å². The van der Waals surface area contributed by atoms with E-state index in [4.69, 9.17) is 0 Å². The lowest BCUT2D eigenvalue weighted by Crippen LogP contribution is -2.21. The van der Waals surface area contributed by atoms with Crippen LogP contribution in [-0.4, -0.2) is 9.52 Å². The number of unbranched alkanes of at least 4 members (excludes halogenated alkanes) is 1. The van der Waals surface area contributed by atoms with Crippen LogP contribution < -0.4 is 5.19 Å². The molecule has 0 radical (unpaired) electrons. The molecule has 0 N–H and O–H groups in total. The molecule has 1 aliphatic carbocycles. The quantitative estimate of drug-likeness (QED) is 0.588. The minimum atomic E-state index is -0.340. The summed E-state index contributed by atoms with van der Waals surface area (Å²) in [7, 11) is -0.340. The fourth-order valence-electron chi connectivity index (χ4n) is 3.70. The average Bonchev–Trinajstić information content (AvgIpc) is 3.10. The molecule has 0 saturated carbocycles. The van der Waals surface area contributed by atoms with E-state index in [-0.39, 0.29) is 9.52 Å². The largest absolute Gasteiger partial charge is 0.0835 e. The zero-order chi connectivity index (χ0) is 17.5. The van der Waals surface area contributed by atoms with Crippen molar-refractivity contribution in [1.82, 2.24) is 0 Å². The molecule has 0 heterocycles. The summed E-state index contributed by atoms with van der Waals surface area (Å²) >= 11 is 0. The Labute approximate surface area is 155 Å². The molecule has 0 aliphatic heterocycles. The summed E-state index contributed by atoms with van der Waals surface area (Å²) in [5.74, 6) is 0. The van der Waals surface area contributed by atoms with E-state index >= 15 is 0 Å². The van der Waals surface area contributed by atoms with Crippen molar-refractivity contribution in [2.24, 2.45) is 0 Å². The van der Waals surface area contributed by atoms with E-state index in [2.05, 4.69) is 74.5 Å². The fraction of sp³-hybridized carbons (Fsp3) is 0.333. The maximum Gasteiger partial charge on any atom is 0.0835 e. The molecule has 1 aliphatic rings. The number of allylic oxidation sites excluding steroid dienone is 4. The monoisotopic (exact) mass is 346 g/mol. The van der Waals surface area contributed by atoms with E-state index in [1.807, 2.05) is 0 Å². The first kappa shape index (κ1) is 17.9. The van der Waals surface area contributed by atoms with Gasteiger partial charge in [0.25, 0.3) is 0 Å². The molecule has 130 valence electrons. The zero-order valence-corrected chi connectivity index (χ0v) is 17.1. The summed E-state index contributed by atoms with van der Waals surface area (Å²) in [5, 5.41) is 3.37. The van der Waals surface area contributed by atoms with Gasteiger partial charge in [0.2, 0.25) is 0 Å². The van der Waals surface area contributed by atoms with Gasteiger partial charge in [-0.3, -0.25) is 0 Å². The van der Waals surface area contributed by atoms with Gasteiger partial charge in [-0.15, -0.1) is 0 Å². The minimum absolute atomic E-state index is 0.340. The Kier molecular flexibility index (Phi) is 6.46. The predicted octanol–water partition coefficient (Wildman–Crippen LogP) is 5.04. The van der Waals surface area contributed by atoms with Crippen LogP contribution in [0.5, 0.6) is 0 Å². The predicted molar refractivity (Wildman–Crippen MR) is 114 cm³/mol. The molecule has 0 bridgehead atoms. The van der Waals surface area contributed by atoms with Crippen LogP contribution in [0.25, 0.3) is 0 Å². The summed E-state index contributed by atoms with van der Waals surface area (Å²) in [6, 6.07) is 18.4. The molecule has 0 unspecified atom stereocenters. The summed E-state index contributed by atoms with van der Waals surface area (Å²) in [4.78, 5) is 0. The molecule has 0 spiro atoms. The molecule has 0 atom stereocenters. The Balaban J connectivity index is 1.73. The summed E-state index contributed by atoms with van der Waals surface area (Å²) in [6.07, 6.45) is 11.9. The van der Waals surface area contributed by atoms with Gasteiger partial charge in [0.05, 0.1) is 9.52 Å². The molecule has 2 aromatic carbocycles. The summed E-state index contributed by atoms with van der Waals surface area (Å²) < 4.78 is 0. The highest BCUT2D eigenvalue weighted by molar-refractivity contribution is 6.61. The molecule has 2 aromatic rings. The van der Waals surface area contributed by atoms with Crippen LogP contribution in [0.2, 0.25) is 0 Å². The van der Waals surface area contributed by atoms with Crippen LogP contribution in [0.15, 0.2) is 71.5 Å². The maximum atomic E-state index is 2.37. The highest BCUT2D eigenvalue weighted by atomic mass is 28.2. The molecular formula is C24H30Si. The molecule has 0 nitrogen and oxygen atoms in total. The Morgan fingerprint density at radius 1 is 0.920 bits per heavy atom. The molecule has 0 fully saturated rings. The number of hydrogen-bond donors (Lipinski definition) is 0. The van der Waals surface area contributed by atoms with Crippen molar-refractivity contribution in [3.05, 3.63) is 88.1 Å². The van der Waals surface area contributed by atoms with E-state index in [1.165, 1.54) is 48.8 Å². The Morgan fingerprint density at radius 3 is 2.44 bits per heavy atom. The van der Waals surface area contributed by atoms with Gasteiger partial charge in [0.1, 0.15) is 0 Å². The molecule has 3 rings (SSSR count). The smallest absolute Gasteiger partial charge is 0.0806 e. The topological polar surface area (TPSA) is 0 Å². The van der Waals surface area contributed by atoms with Gasteiger partial charge in [-0.25, -0.2) is 0 Å². The SMILES string of the molecule is CCCCc1ccc(Cc2ccccc2[SiH2]C2=C(CC)C=CC2)cc1. The Morgan fingerprint density at radius 2 is 1.68 bits per heavy atom. The number of aryl methyl sites for hydroxylation is 1. The number of hydrogen-bond acceptors (Lipinski definition) is 0. The van der Waals surface area contributed by atoms with E-state index in [1.54, 1.807) is 16.0 Å². The van der Waals surface area contributed by atoms with E-state index < -0.39 is 0 Å². The second-order valence-corrected chi connectivity index (χ2v) is 9.10. The lowest BCUT2D eigenvalue weighted by molar-refractivity contribution is 0.795. The maximum absolute atomic E-state index is 2.37.